The maximum Gasteiger partial charge on any atom is 0.407 e. The van der Waals surface area contributed by atoms with Gasteiger partial charge in [-0.05, 0) is 72.1 Å². The molecule has 2 N–H and O–H groups in total. The van der Waals surface area contributed by atoms with Crippen LogP contribution in [0.25, 0.3) is 11.1 Å². The molecule has 1 fully saturated rings. The summed E-state index contributed by atoms with van der Waals surface area (Å²) >= 11 is 0. The molecule has 1 saturated heterocycles. The van der Waals surface area contributed by atoms with E-state index in [4.69, 9.17) is 0 Å². The number of aromatic nitrogens is 2. The standard InChI is InChI=1S/C28H31F2N5O3/c1-32-14-21(13-31-32)22-10-18-3-2-6-35(25(18)12-23(22)27(29)30)26-11-19(17-4-7-34(38)8-5-17)9-20-15-33(28(36)37)16-24(20)26/h9-14,17,27,38H,2-8,15-16H2,1H3,(H,36,37). The van der Waals surface area contributed by atoms with Crippen molar-refractivity contribution in [3.63, 3.8) is 0 Å². The quantitative estimate of drug-likeness (QED) is 0.458. The molecule has 0 unspecified atom stereocenters. The van der Waals surface area contributed by atoms with E-state index in [2.05, 4.69) is 22.1 Å². The summed E-state index contributed by atoms with van der Waals surface area (Å²) in [6.07, 6.45) is 2.99. The predicted octanol–water partition coefficient (Wildman–Crippen LogP) is 5.67. The Hall–Kier alpha value is -3.50. The van der Waals surface area contributed by atoms with Gasteiger partial charge in [0.2, 0.25) is 0 Å². The molecule has 8 nitrogen and oxygen atoms in total. The minimum absolute atomic E-state index is 0.0288. The lowest BCUT2D eigenvalue weighted by molar-refractivity contribution is -0.106. The molecule has 1 amide bonds. The molecular weight excluding hydrogens is 492 g/mol. The molecule has 2 aromatic carbocycles. The van der Waals surface area contributed by atoms with Crippen molar-refractivity contribution in [2.75, 3.05) is 24.5 Å². The van der Waals surface area contributed by atoms with Crippen molar-refractivity contribution in [1.29, 1.82) is 0 Å². The van der Waals surface area contributed by atoms with Crippen LogP contribution < -0.4 is 4.90 Å². The van der Waals surface area contributed by atoms with E-state index in [1.807, 2.05) is 6.07 Å². The second-order valence-electron chi connectivity index (χ2n) is 10.6. The van der Waals surface area contributed by atoms with Crippen molar-refractivity contribution in [2.24, 2.45) is 7.05 Å². The molecule has 0 saturated carbocycles. The number of hydrogen-bond acceptors (Lipinski definition) is 5. The van der Waals surface area contributed by atoms with Crippen LogP contribution in [0.3, 0.4) is 0 Å². The number of anilines is 2. The normalized spacial score (nSPS) is 18.2. The second-order valence-corrected chi connectivity index (χ2v) is 10.6. The van der Waals surface area contributed by atoms with E-state index >= 15 is 0 Å². The van der Waals surface area contributed by atoms with Crippen molar-refractivity contribution in [1.82, 2.24) is 19.7 Å². The molecule has 3 aliphatic rings. The van der Waals surface area contributed by atoms with Gasteiger partial charge in [0.15, 0.2) is 0 Å². The zero-order valence-electron chi connectivity index (χ0n) is 21.3. The predicted molar refractivity (Wildman–Crippen MR) is 138 cm³/mol. The van der Waals surface area contributed by atoms with Crippen molar-refractivity contribution in [2.45, 2.75) is 51.1 Å². The van der Waals surface area contributed by atoms with E-state index in [0.717, 1.165) is 59.3 Å². The Morgan fingerprint density at radius 2 is 1.84 bits per heavy atom. The van der Waals surface area contributed by atoms with Gasteiger partial charge in [-0.1, -0.05) is 6.07 Å². The van der Waals surface area contributed by atoms with Crippen molar-refractivity contribution in [3.8, 4) is 11.1 Å². The van der Waals surface area contributed by atoms with Crippen LogP contribution in [-0.4, -0.2) is 55.8 Å². The number of nitrogens with zero attached hydrogens (tertiary/aromatic N) is 5. The van der Waals surface area contributed by atoms with E-state index in [-0.39, 0.29) is 18.0 Å². The average molecular weight is 524 g/mol. The van der Waals surface area contributed by atoms with Gasteiger partial charge in [-0.25, -0.2) is 13.6 Å². The number of halogens is 2. The van der Waals surface area contributed by atoms with Crippen LogP contribution in [0.5, 0.6) is 0 Å². The topological polar surface area (TPSA) is 85.1 Å². The Morgan fingerprint density at radius 3 is 2.53 bits per heavy atom. The summed E-state index contributed by atoms with van der Waals surface area (Å²) in [5, 5.41) is 25.1. The first-order valence-corrected chi connectivity index (χ1v) is 13.1. The summed E-state index contributed by atoms with van der Waals surface area (Å²) in [6.45, 7) is 2.42. The Morgan fingerprint density at radius 1 is 1.05 bits per heavy atom. The monoisotopic (exact) mass is 523 g/mol. The molecule has 0 bridgehead atoms. The van der Waals surface area contributed by atoms with E-state index in [1.165, 1.54) is 9.96 Å². The number of rotatable bonds is 4. The SMILES string of the molecule is Cn1cc(-c2cc3c(cc2C(F)F)N(c2cc(C4CCN(O)CC4)cc4c2CN(C(=O)O)C4)CCC3)cn1. The number of alkyl halides is 2. The molecule has 10 heteroatoms. The number of hydrogen-bond donors (Lipinski definition) is 2. The highest BCUT2D eigenvalue weighted by atomic mass is 19.3. The summed E-state index contributed by atoms with van der Waals surface area (Å²) in [4.78, 5) is 15.4. The highest BCUT2D eigenvalue weighted by Gasteiger charge is 2.32. The van der Waals surface area contributed by atoms with Crippen LogP contribution >= 0.6 is 0 Å². The molecule has 3 aromatic rings. The third-order valence-corrected chi connectivity index (χ3v) is 8.18. The van der Waals surface area contributed by atoms with Crippen LogP contribution in [0.2, 0.25) is 0 Å². The Kier molecular flexibility index (Phi) is 6.31. The Bertz CT molecular complexity index is 1380. The number of piperidine rings is 1. The van der Waals surface area contributed by atoms with E-state index < -0.39 is 12.5 Å². The first-order chi connectivity index (χ1) is 18.3. The fourth-order valence-electron chi connectivity index (χ4n) is 6.22. The largest absolute Gasteiger partial charge is 0.465 e. The first kappa shape index (κ1) is 24.8. The van der Waals surface area contributed by atoms with E-state index in [0.29, 0.717) is 37.3 Å². The molecule has 0 aliphatic carbocycles. The zero-order valence-corrected chi connectivity index (χ0v) is 21.3. The molecular formula is C28H31F2N5O3. The fraction of sp³-hybridized carbons (Fsp3) is 0.429. The van der Waals surface area contributed by atoms with Gasteiger partial charge in [0, 0.05) is 67.5 Å². The summed E-state index contributed by atoms with van der Waals surface area (Å²) in [6, 6.07) is 7.74. The lowest BCUT2D eigenvalue weighted by atomic mass is 9.87. The molecule has 0 spiro atoms. The zero-order chi connectivity index (χ0) is 26.6. The van der Waals surface area contributed by atoms with Gasteiger partial charge in [0.05, 0.1) is 12.7 Å². The van der Waals surface area contributed by atoms with Crippen molar-refractivity contribution < 1.29 is 23.9 Å². The minimum Gasteiger partial charge on any atom is -0.465 e. The molecule has 1 aromatic heterocycles. The van der Waals surface area contributed by atoms with Crippen LogP contribution in [0.1, 0.15) is 59.4 Å². The van der Waals surface area contributed by atoms with Gasteiger partial charge in [0.25, 0.3) is 6.43 Å². The third kappa shape index (κ3) is 4.41. The van der Waals surface area contributed by atoms with Crippen molar-refractivity contribution >= 4 is 17.5 Å². The summed E-state index contributed by atoms with van der Waals surface area (Å²) in [5.74, 6) is 0.246. The lowest BCUT2D eigenvalue weighted by Gasteiger charge is -2.35. The molecule has 6 rings (SSSR count). The maximum absolute atomic E-state index is 14.4. The van der Waals surface area contributed by atoms with Gasteiger partial charge in [0.1, 0.15) is 0 Å². The lowest BCUT2D eigenvalue weighted by Crippen LogP contribution is -2.30. The van der Waals surface area contributed by atoms with Gasteiger partial charge in [-0.2, -0.15) is 10.2 Å². The van der Waals surface area contributed by atoms with Gasteiger partial charge in [-0.15, -0.1) is 0 Å². The number of carboxylic acid groups (broad SMARTS) is 1. The van der Waals surface area contributed by atoms with Crippen LogP contribution in [0.4, 0.5) is 25.0 Å². The number of hydroxylamine groups is 2. The molecule has 3 aliphatic heterocycles. The van der Waals surface area contributed by atoms with E-state index in [9.17, 15) is 23.9 Å². The minimum atomic E-state index is -2.65. The van der Waals surface area contributed by atoms with Crippen LogP contribution in [0.15, 0.2) is 36.7 Å². The molecule has 200 valence electrons. The molecule has 0 atom stereocenters. The van der Waals surface area contributed by atoms with Gasteiger partial charge in [-0.3, -0.25) is 9.58 Å². The first-order valence-electron chi connectivity index (χ1n) is 13.1. The molecule has 0 radical (unpaired) electrons. The maximum atomic E-state index is 14.4. The smallest absolute Gasteiger partial charge is 0.407 e. The third-order valence-electron chi connectivity index (χ3n) is 8.18. The fourth-order valence-corrected chi connectivity index (χ4v) is 6.22. The second kappa shape index (κ2) is 9.67. The molecule has 4 heterocycles. The van der Waals surface area contributed by atoms with Gasteiger partial charge < -0.3 is 15.2 Å². The summed E-state index contributed by atoms with van der Waals surface area (Å²) < 4.78 is 30.4. The average Bonchev–Trinajstić information content (AvgIpc) is 3.54. The van der Waals surface area contributed by atoms with Crippen molar-refractivity contribution in [3.05, 3.63) is 64.5 Å². The Labute approximate surface area is 219 Å². The van der Waals surface area contributed by atoms with Crippen LogP contribution in [-0.2, 0) is 26.6 Å². The highest BCUT2D eigenvalue weighted by molar-refractivity contribution is 5.79. The summed E-state index contributed by atoms with van der Waals surface area (Å²) in [7, 11) is 1.77. The highest BCUT2D eigenvalue weighted by Crippen LogP contribution is 2.45. The molecule has 38 heavy (non-hydrogen) atoms. The van der Waals surface area contributed by atoms with Crippen LogP contribution in [0, 0.1) is 0 Å². The number of benzene rings is 2. The number of fused-ring (bicyclic) bond motifs is 2. The number of amides is 1. The number of carbonyl (C=O) groups is 1. The van der Waals surface area contributed by atoms with E-state index in [1.54, 1.807) is 30.2 Å². The summed E-state index contributed by atoms with van der Waals surface area (Å²) in [5.41, 5.74) is 6.84. The Balaban J connectivity index is 1.47. The number of aryl methyl sites for hydroxylation is 2. The van der Waals surface area contributed by atoms with Gasteiger partial charge >= 0.3 is 6.09 Å².